The van der Waals surface area contributed by atoms with Gasteiger partial charge in [-0.05, 0) is 18.6 Å². The zero-order valence-corrected chi connectivity index (χ0v) is 12.4. The van der Waals surface area contributed by atoms with Gasteiger partial charge in [-0.1, -0.05) is 50.8 Å². The monoisotopic (exact) mass is 324 g/mol. The molecular formula is C14H21NaO5S. The predicted molar refractivity (Wildman–Crippen MR) is 82.6 cm³/mol. The molecule has 5 nitrogen and oxygen atoms in total. The Morgan fingerprint density at radius 3 is 2.29 bits per heavy atom. The molecule has 0 heterocycles. The Morgan fingerprint density at radius 2 is 1.67 bits per heavy atom. The first-order valence-corrected chi connectivity index (χ1v) is 8.08. The molecular weight excluding hydrogens is 303 g/mol. The minimum atomic E-state index is -4.33. The zero-order valence-electron chi connectivity index (χ0n) is 11.6. The van der Waals surface area contributed by atoms with Crippen molar-refractivity contribution in [3.05, 3.63) is 30.3 Å². The first-order chi connectivity index (χ1) is 9.53. The second-order valence-corrected chi connectivity index (χ2v) is 5.57. The van der Waals surface area contributed by atoms with Crippen molar-refractivity contribution < 1.29 is 21.6 Å². The Kier molecular flexibility index (Phi) is 10.8. The van der Waals surface area contributed by atoms with Gasteiger partial charge in [-0.2, -0.15) is 0 Å². The van der Waals surface area contributed by atoms with Crippen LogP contribution < -0.4 is 4.18 Å². The SMILES string of the molecule is CCCCCCCC(=O)OS(=O)(=O)Oc1ccccc1.[NaH]. The van der Waals surface area contributed by atoms with Crippen molar-refractivity contribution in [1.29, 1.82) is 0 Å². The summed E-state index contributed by atoms with van der Waals surface area (Å²) in [5.74, 6) is -0.666. The number of rotatable bonds is 9. The third-order valence-electron chi connectivity index (χ3n) is 2.62. The molecule has 1 aromatic carbocycles. The number of unbranched alkanes of at least 4 members (excludes halogenated alkanes) is 4. The fraction of sp³-hybridized carbons (Fsp3) is 0.500. The maximum atomic E-state index is 11.5. The summed E-state index contributed by atoms with van der Waals surface area (Å²) in [4.78, 5) is 11.4. The van der Waals surface area contributed by atoms with Crippen molar-refractivity contribution in [2.75, 3.05) is 0 Å². The molecule has 0 atom stereocenters. The van der Waals surface area contributed by atoms with E-state index in [9.17, 15) is 13.2 Å². The van der Waals surface area contributed by atoms with Gasteiger partial charge >= 0.3 is 45.9 Å². The number of carbonyl (C=O) groups excluding carboxylic acids is 1. The molecule has 0 saturated carbocycles. The van der Waals surface area contributed by atoms with Crippen LogP contribution in [0.15, 0.2) is 30.3 Å². The van der Waals surface area contributed by atoms with E-state index in [2.05, 4.69) is 15.3 Å². The third kappa shape index (κ3) is 9.90. The summed E-state index contributed by atoms with van der Waals surface area (Å²) in [6.45, 7) is 2.10. The fourth-order valence-electron chi connectivity index (χ4n) is 1.64. The van der Waals surface area contributed by atoms with Gasteiger partial charge in [-0.3, -0.25) is 4.79 Å². The van der Waals surface area contributed by atoms with E-state index < -0.39 is 16.4 Å². The van der Waals surface area contributed by atoms with Crippen molar-refractivity contribution in [3.8, 4) is 5.75 Å². The minimum absolute atomic E-state index is 0. The van der Waals surface area contributed by atoms with E-state index >= 15 is 0 Å². The molecule has 1 aromatic rings. The average Bonchev–Trinajstić information content (AvgIpc) is 2.38. The molecule has 21 heavy (non-hydrogen) atoms. The summed E-state index contributed by atoms with van der Waals surface area (Å²) in [5, 5.41) is 0. The average molecular weight is 324 g/mol. The molecule has 0 spiro atoms. The molecule has 7 heteroatoms. The summed E-state index contributed by atoms with van der Waals surface area (Å²) in [6, 6.07) is 7.91. The maximum absolute atomic E-state index is 11.5. The second kappa shape index (κ2) is 11.1. The van der Waals surface area contributed by atoms with E-state index in [4.69, 9.17) is 0 Å². The number of benzene rings is 1. The Bertz CT molecular complexity index is 501. The van der Waals surface area contributed by atoms with Crippen LogP contribution in [-0.2, 0) is 19.4 Å². The van der Waals surface area contributed by atoms with E-state index in [-0.39, 0.29) is 41.7 Å². The molecule has 0 amide bonds. The molecule has 0 saturated heterocycles. The molecule has 1 rings (SSSR count). The van der Waals surface area contributed by atoms with Gasteiger partial charge in [-0.25, -0.2) is 0 Å². The van der Waals surface area contributed by atoms with Crippen molar-refractivity contribution in [1.82, 2.24) is 0 Å². The van der Waals surface area contributed by atoms with E-state index in [1.807, 2.05) is 0 Å². The third-order valence-corrected chi connectivity index (χ3v) is 3.41. The van der Waals surface area contributed by atoms with Crippen LogP contribution >= 0.6 is 0 Å². The van der Waals surface area contributed by atoms with Crippen LogP contribution in [0.25, 0.3) is 0 Å². The molecule has 0 aromatic heterocycles. The zero-order chi connectivity index (χ0) is 14.8. The number of para-hydroxylation sites is 1. The first-order valence-electron chi connectivity index (χ1n) is 6.75. The van der Waals surface area contributed by atoms with Gasteiger partial charge in [0.1, 0.15) is 5.75 Å². The summed E-state index contributed by atoms with van der Waals surface area (Å²) < 4.78 is 32.0. The summed E-state index contributed by atoms with van der Waals surface area (Å²) >= 11 is 0. The summed E-state index contributed by atoms with van der Waals surface area (Å²) in [7, 11) is -4.33. The van der Waals surface area contributed by atoms with E-state index in [1.54, 1.807) is 18.2 Å². The standard InChI is InChI=1S/C14H20O5S.Na.H/c1-2-3-4-5-9-12-14(15)19-20(16,17)18-13-10-7-6-8-11-13;;/h6-8,10-11H,2-5,9,12H2,1H3;;. The van der Waals surface area contributed by atoms with Crippen LogP contribution in [0, 0.1) is 0 Å². The predicted octanol–water partition coefficient (Wildman–Crippen LogP) is 2.57. The molecule has 0 N–H and O–H groups in total. The Hall–Kier alpha value is -0.560. The van der Waals surface area contributed by atoms with Gasteiger partial charge in [0.15, 0.2) is 0 Å². The van der Waals surface area contributed by atoms with Crippen molar-refractivity contribution in [2.24, 2.45) is 0 Å². The molecule has 0 radical (unpaired) electrons. The second-order valence-electron chi connectivity index (χ2n) is 4.42. The summed E-state index contributed by atoms with van der Waals surface area (Å²) in [5.41, 5.74) is 0. The van der Waals surface area contributed by atoms with Crippen LogP contribution in [0.5, 0.6) is 5.75 Å². The van der Waals surface area contributed by atoms with Gasteiger partial charge in [0.05, 0.1) is 0 Å². The molecule has 0 aliphatic carbocycles. The number of carbonyl (C=O) groups is 1. The normalized spacial score (nSPS) is 10.5. The van der Waals surface area contributed by atoms with Gasteiger partial charge in [0, 0.05) is 6.42 Å². The Labute approximate surface area is 148 Å². The van der Waals surface area contributed by atoms with E-state index in [1.165, 1.54) is 12.1 Å². The van der Waals surface area contributed by atoms with E-state index in [0.29, 0.717) is 6.42 Å². The van der Waals surface area contributed by atoms with Gasteiger partial charge in [0.2, 0.25) is 0 Å². The van der Waals surface area contributed by atoms with Crippen molar-refractivity contribution >= 4 is 45.9 Å². The van der Waals surface area contributed by atoms with Gasteiger partial charge in [-0.15, -0.1) is 8.42 Å². The van der Waals surface area contributed by atoms with Crippen molar-refractivity contribution in [3.63, 3.8) is 0 Å². The van der Waals surface area contributed by atoms with Gasteiger partial charge in [0.25, 0.3) is 0 Å². The molecule has 0 fully saturated rings. The Balaban J connectivity index is 0.00000400. The summed E-state index contributed by atoms with van der Waals surface area (Å²) in [6.07, 6.45) is 4.87. The molecule has 0 unspecified atom stereocenters. The van der Waals surface area contributed by atoms with Gasteiger partial charge < -0.3 is 8.37 Å². The van der Waals surface area contributed by atoms with Crippen LogP contribution in [0.2, 0.25) is 0 Å². The molecule has 0 aliphatic rings. The molecule has 114 valence electrons. The fourth-order valence-corrected chi connectivity index (χ4v) is 2.33. The van der Waals surface area contributed by atoms with Crippen molar-refractivity contribution in [2.45, 2.75) is 45.4 Å². The topological polar surface area (TPSA) is 69.7 Å². The van der Waals surface area contributed by atoms with Crippen LogP contribution in [0.1, 0.15) is 45.4 Å². The number of hydrogen-bond acceptors (Lipinski definition) is 5. The molecule has 0 bridgehead atoms. The van der Waals surface area contributed by atoms with E-state index in [0.717, 1.165) is 25.7 Å². The Morgan fingerprint density at radius 1 is 1.05 bits per heavy atom. The molecule has 0 aliphatic heterocycles. The van der Waals surface area contributed by atoms with Crippen LogP contribution in [0.4, 0.5) is 0 Å². The number of hydrogen-bond donors (Lipinski definition) is 0. The quantitative estimate of drug-likeness (QED) is 0.516. The van der Waals surface area contributed by atoms with Crippen LogP contribution in [0.3, 0.4) is 0 Å². The first kappa shape index (κ1) is 20.4. The van der Waals surface area contributed by atoms with Crippen LogP contribution in [-0.4, -0.2) is 43.9 Å².